The fourth-order valence-corrected chi connectivity index (χ4v) is 1.69. The number of carbonyl (C=O) groups is 2. The first-order chi connectivity index (χ1) is 9.61. The zero-order valence-corrected chi connectivity index (χ0v) is 10.9. The van der Waals surface area contributed by atoms with Crippen LogP contribution < -0.4 is 11.1 Å². The molecule has 0 spiro atoms. The molecule has 3 N–H and O–H groups in total. The summed E-state index contributed by atoms with van der Waals surface area (Å²) in [4.78, 5) is 23.1. The van der Waals surface area contributed by atoms with E-state index in [-0.39, 0.29) is 11.4 Å². The zero-order chi connectivity index (χ0) is 14.5. The number of nitrogens with two attached hydrogens (primary N) is 1. The van der Waals surface area contributed by atoms with Gasteiger partial charge in [0.25, 0.3) is 5.91 Å². The normalized spacial score (nSPS) is 10.8. The Morgan fingerprint density at radius 3 is 2.95 bits per heavy atom. The highest BCUT2D eigenvalue weighted by Crippen LogP contribution is 2.14. The van der Waals surface area contributed by atoms with Gasteiger partial charge in [-0.2, -0.15) is 5.10 Å². The Kier molecular flexibility index (Phi) is 3.99. The number of aromatic nitrogens is 2. The third kappa shape index (κ3) is 2.94. The second-order valence-corrected chi connectivity index (χ2v) is 3.92. The molecule has 20 heavy (non-hydrogen) atoms. The number of anilines is 1. The molecule has 2 heterocycles. The molecule has 2 aromatic rings. The van der Waals surface area contributed by atoms with Gasteiger partial charge in [0.15, 0.2) is 0 Å². The summed E-state index contributed by atoms with van der Waals surface area (Å²) in [6.45, 7) is 2.30. The Balaban J connectivity index is 2.12. The molecule has 7 heteroatoms. The third-order valence-electron chi connectivity index (χ3n) is 2.57. The summed E-state index contributed by atoms with van der Waals surface area (Å²) in [5.74, 6) is -0.492. The van der Waals surface area contributed by atoms with E-state index in [4.69, 9.17) is 10.2 Å². The molecule has 0 aromatic carbocycles. The number of nitrogens with one attached hydrogen (secondary N) is 1. The summed E-state index contributed by atoms with van der Waals surface area (Å²) in [5, 5.41) is 6.53. The van der Waals surface area contributed by atoms with Crippen LogP contribution in [-0.4, -0.2) is 21.6 Å². The van der Waals surface area contributed by atoms with Gasteiger partial charge < -0.3 is 15.5 Å². The van der Waals surface area contributed by atoms with Crippen LogP contribution in [0.1, 0.15) is 23.2 Å². The maximum absolute atomic E-state index is 11.8. The molecule has 0 radical (unpaired) electrons. The molecule has 2 aromatic heterocycles. The maximum atomic E-state index is 11.8. The minimum atomic E-state index is -0.644. The molecule has 0 aliphatic rings. The number of aryl methyl sites for hydroxylation is 1. The summed E-state index contributed by atoms with van der Waals surface area (Å²) in [6, 6.07) is 3.43. The zero-order valence-electron chi connectivity index (χ0n) is 10.9. The van der Waals surface area contributed by atoms with Gasteiger partial charge in [0, 0.05) is 12.6 Å². The van der Waals surface area contributed by atoms with Crippen LogP contribution in [0.5, 0.6) is 0 Å². The van der Waals surface area contributed by atoms with Crippen molar-refractivity contribution in [3.05, 3.63) is 42.1 Å². The second kappa shape index (κ2) is 5.87. The average Bonchev–Trinajstić information content (AvgIpc) is 3.05. The highest BCUT2D eigenvalue weighted by atomic mass is 16.3. The van der Waals surface area contributed by atoms with Gasteiger partial charge in [-0.15, -0.1) is 0 Å². The topological polar surface area (TPSA) is 103 Å². The molecule has 0 unspecified atom stereocenters. The van der Waals surface area contributed by atoms with Crippen molar-refractivity contribution < 1.29 is 14.0 Å². The Morgan fingerprint density at radius 1 is 1.55 bits per heavy atom. The van der Waals surface area contributed by atoms with Crippen LogP contribution in [0, 0.1) is 0 Å². The van der Waals surface area contributed by atoms with Gasteiger partial charge >= 0.3 is 0 Å². The summed E-state index contributed by atoms with van der Waals surface area (Å²) < 4.78 is 6.48. The van der Waals surface area contributed by atoms with Gasteiger partial charge in [0.2, 0.25) is 5.91 Å². The Bertz CT molecular complexity index is 641. The first kappa shape index (κ1) is 13.6. The van der Waals surface area contributed by atoms with E-state index in [1.165, 1.54) is 29.3 Å². The Morgan fingerprint density at radius 2 is 2.35 bits per heavy atom. The number of rotatable bonds is 5. The quantitative estimate of drug-likeness (QED) is 0.800. The van der Waals surface area contributed by atoms with Gasteiger partial charge in [-0.1, -0.05) is 0 Å². The van der Waals surface area contributed by atoms with Crippen molar-refractivity contribution in [2.75, 3.05) is 5.32 Å². The monoisotopic (exact) mass is 274 g/mol. The fraction of sp³-hybridized carbons (Fsp3) is 0.154. The highest BCUT2D eigenvalue weighted by molar-refractivity contribution is 6.06. The number of primary amides is 1. The molecule has 2 amide bonds. The molecule has 2 rings (SSSR count). The molecule has 0 atom stereocenters. The summed E-state index contributed by atoms with van der Waals surface area (Å²) >= 11 is 0. The first-order valence-electron chi connectivity index (χ1n) is 6.00. The molecule has 0 bridgehead atoms. The van der Waals surface area contributed by atoms with Crippen molar-refractivity contribution in [3.8, 4) is 0 Å². The van der Waals surface area contributed by atoms with Gasteiger partial charge in [0.1, 0.15) is 11.5 Å². The molecular weight excluding hydrogens is 260 g/mol. The maximum Gasteiger partial charge on any atom is 0.269 e. The van der Waals surface area contributed by atoms with Crippen LogP contribution in [0.4, 0.5) is 5.69 Å². The lowest BCUT2D eigenvalue weighted by atomic mass is 10.3. The molecule has 0 aliphatic carbocycles. The van der Waals surface area contributed by atoms with Crippen LogP contribution in [0.3, 0.4) is 0 Å². The predicted molar refractivity (Wildman–Crippen MR) is 72.8 cm³/mol. The van der Waals surface area contributed by atoms with E-state index < -0.39 is 11.8 Å². The number of amides is 2. The molecule has 0 saturated heterocycles. The minimum Gasteiger partial charge on any atom is -0.465 e. The third-order valence-corrected chi connectivity index (χ3v) is 2.57. The molecule has 7 nitrogen and oxygen atoms in total. The molecule has 0 saturated carbocycles. The standard InChI is InChI=1S/C13H14N4O3/c1-2-17-12(13(14)19)10(8-15-17)16-11(18)6-5-9-4-3-7-20-9/h3-8H,2H2,1H3,(H2,14,19)(H,16,18)/b6-5+. The van der Waals surface area contributed by atoms with Crippen molar-refractivity contribution in [2.24, 2.45) is 5.73 Å². The van der Waals surface area contributed by atoms with Crippen LogP contribution in [0.15, 0.2) is 35.1 Å². The summed E-state index contributed by atoms with van der Waals surface area (Å²) in [7, 11) is 0. The van der Waals surface area contributed by atoms with Crippen LogP contribution in [-0.2, 0) is 11.3 Å². The highest BCUT2D eigenvalue weighted by Gasteiger charge is 2.16. The van der Waals surface area contributed by atoms with E-state index in [1.807, 2.05) is 6.92 Å². The smallest absolute Gasteiger partial charge is 0.269 e. The van der Waals surface area contributed by atoms with E-state index in [0.717, 1.165) is 0 Å². The van der Waals surface area contributed by atoms with E-state index in [2.05, 4.69) is 10.4 Å². The van der Waals surface area contributed by atoms with E-state index in [1.54, 1.807) is 12.1 Å². The number of nitrogens with zero attached hydrogens (tertiary/aromatic N) is 2. The van der Waals surface area contributed by atoms with Crippen LogP contribution in [0.2, 0.25) is 0 Å². The number of furan rings is 1. The molecule has 0 fully saturated rings. The largest absolute Gasteiger partial charge is 0.465 e. The average molecular weight is 274 g/mol. The van der Waals surface area contributed by atoms with Crippen molar-refractivity contribution >= 4 is 23.6 Å². The minimum absolute atomic E-state index is 0.173. The molecule has 104 valence electrons. The summed E-state index contributed by atoms with van der Waals surface area (Å²) in [6.07, 6.45) is 5.71. The van der Waals surface area contributed by atoms with Crippen molar-refractivity contribution in [2.45, 2.75) is 13.5 Å². The lowest BCUT2D eigenvalue weighted by molar-refractivity contribution is -0.111. The van der Waals surface area contributed by atoms with Crippen molar-refractivity contribution in [1.29, 1.82) is 0 Å². The van der Waals surface area contributed by atoms with E-state index in [9.17, 15) is 9.59 Å². The first-order valence-corrected chi connectivity index (χ1v) is 6.00. The lowest BCUT2D eigenvalue weighted by Gasteiger charge is -2.04. The summed E-state index contributed by atoms with van der Waals surface area (Å²) in [5.41, 5.74) is 5.74. The van der Waals surface area contributed by atoms with Crippen molar-refractivity contribution in [3.63, 3.8) is 0 Å². The predicted octanol–water partition coefficient (Wildman–Crippen LogP) is 1.25. The fourth-order valence-electron chi connectivity index (χ4n) is 1.69. The van der Waals surface area contributed by atoms with E-state index >= 15 is 0 Å². The number of hydrogen-bond donors (Lipinski definition) is 2. The SMILES string of the molecule is CCn1ncc(NC(=O)/C=C/c2ccco2)c1C(N)=O. The number of carbonyl (C=O) groups excluding carboxylic acids is 2. The van der Waals surface area contributed by atoms with Gasteiger partial charge in [-0.25, -0.2) is 0 Å². The van der Waals surface area contributed by atoms with Gasteiger partial charge in [-0.3, -0.25) is 14.3 Å². The lowest BCUT2D eigenvalue weighted by Crippen LogP contribution is -2.20. The van der Waals surface area contributed by atoms with Gasteiger partial charge in [-0.05, 0) is 25.1 Å². The van der Waals surface area contributed by atoms with Gasteiger partial charge in [0.05, 0.1) is 18.1 Å². The number of hydrogen-bond acceptors (Lipinski definition) is 4. The van der Waals surface area contributed by atoms with Crippen molar-refractivity contribution in [1.82, 2.24) is 9.78 Å². The Hall–Kier alpha value is -2.83. The Labute approximate surface area is 115 Å². The molecular formula is C13H14N4O3. The van der Waals surface area contributed by atoms with Crippen LogP contribution >= 0.6 is 0 Å². The second-order valence-electron chi connectivity index (χ2n) is 3.92. The van der Waals surface area contributed by atoms with E-state index in [0.29, 0.717) is 12.3 Å². The molecule has 0 aliphatic heterocycles. The van der Waals surface area contributed by atoms with Crippen LogP contribution in [0.25, 0.3) is 6.08 Å².